The number of allylic oxidation sites excluding steroid dienone is 1. The van der Waals surface area contributed by atoms with Gasteiger partial charge < -0.3 is 9.64 Å². The maximum atomic E-state index is 13.4. The van der Waals surface area contributed by atoms with Crippen LogP contribution in [0.3, 0.4) is 0 Å². The Morgan fingerprint density at radius 1 is 1.04 bits per heavy atom. The molecule has 5 aliphatic rings. The lowest BCUT2D eigenvalue weighted by atomic mass is 9.47. The second-order valence-corrected chi connectivity index (χ2v) is 10.6. The topological polar surface area (TPSA) is 46.6 Å². The van der Waals surface area contributed by atoms with Crippen molar-refractivity contribution < 1.29 is 14.3 Å². The van der Waals surface area contributed by atoms with Crippen LogP contribution in [0.1, 0.15) is 65.2 Å². The van der Waals surface area contributed by atoms with E-state index in [9.17, 15) is 9.59 Å². The Hall–Kier alpha value is -1.16. The van der Waals surface area contributed by atoms with Crippen molar-refractivity contribution in [1.82, 2.24) is 4.90 Å². The maximum absolute atomic E-state index is 13.4. The van der Waals surface area contributed by atoms with E-state index in [1.54, 1.807) is 0 Å². The van der Waals surface area contributed by atoms with Gasteiger partial charge in [0.15, 0.2) is 5.78 Å². The third-order valence-electron chi connectivity index (χ3n) is 9.58. The Morgan fingerprint density at radius 3 is 2.61 bits per heavy atom. The molecule has 6 atom stereocenters. The summed E-state index contributed by atoms with van der Waals surface area (Å²) in [5.74, 6) is 3.06. The molecule has 0 aromatic carbocycles. The Kier molecular flexibility index (Phi) is 4.50. The Bertz CT molecular complexity index is 709. The molecule has 4 fully saturated rings. The van der Waals surface area contributed by atoms with Crippen molar-refractivity contribution in [2.24, 2.45) is 34.5 Å². The summed E-state index contributed by atoms with van der Waals surface area (Å²) in [7, 11) is 0. The summed E-state index contributed by atoms with van der Waals surface area (Å²) in [6.45, 7) is 7.79. The van der Waals surface area contributed by atoms with Crippen molar-refractivity contribution in [2.75, 3.05) is 26.3 Å². The van der Waals surface area contributed by atoms with Gasteiger partial charge in [0.1, 0.15) is 0 Å². The maximum Gasteiger partial charge on any atom is 0.226 e. The zero-order valence-corrected chi connectivity index (χ0v) is 17.5. The number of hydrogen-bond donors (Lipinski definition) is 0. The molecular formula is C24H35NO3. The summed E-state index contributed by atoms with van der Waals surface area (Å²) < 4.78 is 5.46. The minimum Gasteiger partial charge on any atom is -0.378 e. The van der Waals surface area contributed by atoms with E-state index >= 15 is 0 Å². The average Bonchev–Trinajstić information content (AvgIpc) is 3.06. The Morgan fingerprint density at radius 2 is 1.82 bits per heavy atom. The zero-order chi connectivity index (χ0) is 19.5. The number of carbonyl (C=O) groups is 2. The van der Waals surface area contributed by atoms with Crippen LogP contribution in [0.5, 0.6) is 0 Å². The largest absolute Gasteiger partial charge is 0.378 e. The summed E-state index contributed by atoms with van der Waals surface area (Å²) in [6, 6.07) is 0. The summed E-state index contributed by atoms with van der Waals surface area (Å²) in [4.78, 5) is 27.4. The molecule has 0 N–H and O–H groups in total. The van der Waals surface area contributed by atoms with Crippen molar-refractivity contribution in [3.8, 4) is 0 Å². The summed E-state index contributed by atoms with van der Waals surface area (Å²) in [5, 5.41) is 0. The van der Waals surface area contributed by atoms with Crippen LogP contribution >= 0.6 is 0 Å². The highest BCUT2D eigenvalue weighted by atomic mass is 16.5. The SMILES string of the molecule is C[C@]12CC[C@H]3[C@@H](CCC4=CC(=O)CC[C@@]43C)[C@@H]1CC[C@@H]2C(=O)N1CCOCC1. The first-order valence-corrected chi connectivity index (χ1v) is 11.5. The molecule has 4 nitrogen and oxygen atoms in total. The minimum atomic E-state index is 0.165. The number of carbonyl (C=O) groups excluding carboxylic acids is 2. The Balaban J connectivity index is 1.39. The van der Waals surface area contributed by atoms with Crippen LogP contribution in [0.15, 0.2) is 11.6 Å². The summed E-state index contributed by atoms with van der Waals surface area (Å²) in [6.07, 6.45) is 10.8. The van der Waals surface area contributed by atoms with E-state index in [1.165, 1.54) is 31.3 Å². The van der Waals surface area contributed by atoms with Gasteiger partial charge in [0.05, 0.1) is 13.2 Å². The second kappa shape index (κ2) is 6.68. The second-order valence-electron chi connectivity index (χ2n) is 10.6. The molecule has 1 aliphatic heterocycles. The van der Waals surface area contributed by atoms with Crippen molar-refractivity contribution in [2.45, 2.75) is 65.2 Å². The van der Waals surface area contributed by atoms with Crippen LogP contribution in [-0.4, -0.2) is 42.9 Å². The van der Waals surface area contributed by atoms with E-state index < -0.39 is 0 Å². The van der Waals surface area contributed by atoms with E-state index in [1.807, 2.05) is 6.08 Å². The molecule has 4 aliphatic carbocycles. The van der Waals surface area contributed by atoms with Gasteiger partial charge in [-0.1, -0.05) is 19.4 Å². The van der Waals surface area contributed by atoms with E-state index in [4.69, 9.17) is 4.74 Å². The highest BCUT2D eigenvalue weighted by Gasteiger charge is 2.60. The number of ketones is 1. The van der Waals surface area contributed by atoms with E-state index in [-0.39, 0.29) is 16.7 Å². The molecule has 3 saturated carbocycles. The molecule has 1 saturated heterocycles. The highest BCUT2D eigenvalue weighted by molar-refractivity contribution is 5.91. The fourth-order valence-electron chi connectivity index (χ4n) is 7.97. The van der Waals surface area contributed by atoms with Gasteiger partial charge in [-0.05, 0) is 79.6 Å². The van der Waals surface area contributed by atoms with Crippen LogP contribution in [-0.2, 0) is 14.3 Å². The third-order valence-corrected chi connectivity index (χ3v) is 9.58. The smallest absolute Gasteiger partial charge is 0.226 e. The fourth-order valence-corrected chi connectivity index (χ4v) is 7.97. The van der Waals surface area contributed by atoms with Gasteiger partial charge in [0, 0.05) is 25.4 Å². The first kappa shape index (κ1) is 18.8. The molecule has 28 heavy (non-hydrogen) atoms. The molecule has 1 amide bonds. The van der Waals surface area contributed by atoms with E-state index in [0.29, 0.717) is 36.7 Å². The molecule has 0 spiro atoms. The van der Waals surface area contributed by atoms with Crippen molar-refractivity contribution in [3.05, 3.63) is 11.6 Å². The molecule has 154 valence electrons. The molecule has 0 aromatic rings. The van der Waals surface area contributed by atoms with Gasteiger partial charge in [0.2, 0.25) is 5.91 Å². The van der Waals surface area contributed by atoms with Crippen LogP contribution in [0.2, 0.25) is 0 Å². The third kappa shape index (κ3) is 2.66. The van der Waals surface area contributed by atoms with Crippen molar-refractivity contribution in [1.29, 1.82) is 0 Å². The first-order chi connectivity index (χ1) is 13.4. The predicted molar refractivity (Wildman–Crippen MR) is 108 cm³/mol. The number of hydrogen-bond acceptors (Lipinski definition) is 3. The van der Waals surface area contributed by atoms with Crippen molar-refractivity contribution >= 4 is 11.7 Å². The van der Waals surface area contributed by atoms with E-state index in [2.05, 4.69) is 18.7 Å². The first-order valence-electron chi connectivity index (χ1n) is 11.5. The molecule has 0 radical (unpaired) electrons. The van der Waals surface area contributed by atoms with Crippen LogP contribution in [0.25, 0.3) is 0 Å². The molecule has 0 aromatic heterocycles. The predicted octanol–water partition coefficient (Wildman–Crippen LogP) is 3.99. The van der Waals surface area contributed by atoms with Crippen LogP contribution in [0, 0.1) is 34.5 Å². The zero-order valence-electron chi connectivity index (χ0n) is 17.5. The summed E-state index contributed by atoms with van der Waals surface area (Å²) >= 11 is 0. The number of ether oxygens (including phenoxy) is 1. The van der Waals surface area contributed by atoms with Gasteiger partial charge in [-0.2, -0.15) is 0 Å². The lowest BCUT2D eigenvalue weighted by Gasteiger charge is -2.58. The normalized spacial score (nSPS) is 45.7. The molecule has 1 heterocycles. The van der Waals surface area contributed by atoms with Gasteiger partial charge in [-0.3, -0.25) is 9.59 Å². The monoisotopic (exact) mass is 385 g/mol. The van der Waals surface area contributed by atoms with Gasteiger partial charge in [0.25, 0.3) is 0 Å². The number of morpholine rings is 1. The van der Waals surface area contributed by atoms with Gasteiger partial charge in [-0.25, -0.2) is 0 Å². The summed E-state index contributed by atoms with van der Waals surface area (Å²) in [5.41, 5.74) is 1.83. The van der Waals surface area contributed by atoms with Crippen molar-refractivity contribution in [3.63, 3.8) is 0 Å². The Labute approximate surface area is 169 Å². The highest BCUT2D eigenvalue weighted by Crippen LogP contribution is 2.66. The van der Waals surface area contributed by atoms with Gasteiger partial charge in [-0.15, -0.1) is 0 Å². The minimum absolute atomic E-state index is 0.165. The fraction of sp³-hybridized carbons (Fsp3) is 0.833. The molecule has 4 heteroatoms. The number of fused-ring (bicyclic) bond motifs is 5. The van der Waals surface area contributed by atoms with Crippen LogP contribution in [0.4, 0.5) is 0 Å². The molecular weight excluding hydrogens is 350 g/mol. The quantitative estimate of drug-likeness (QED) is 0.686. The number of rotatable bonds is 1. The molecule has 0 unspecified atom stereocenters. The van der Waals surface area contributed by atoms with Gasteiger partial charge >= 0.3 is 0 Å². The standard InChI is InChI=1S/C24H35NO3/c1-23-9-7-17(26)15-16(23)3-4-18-19-5-6-21(24(19,2)10-8-20(18)23)22(27)25-11-13-28-14-12-25/h15,18-21H,3-14H2,1-2H3/t18-,19-,20-,21+,23-,24-/m0/s1. The lowest BCUT2D eigenvalue weighted by molar-refractivity contribution is -0.147. The van der Waals surface area contributed by atoms with E-state index in [0.717, 1.165) is 44.7 Å². The van der Waals surface area contributed by atoms with Crippen LogP contribution < -0.4 is 0 Å². The molecule has 5 rings (SSSR count). The molecule has 0 bridgehead atoms. The number of amides is 1. The average molecular weight is 386 g/mol. The number of nitrogens with zero attached hydrogens (tertiary/aromatic N) is 1. The lowest BCUT2D eigenvalue weighted by Crippen LogP contribution is -2.53.